The van der Waals surface area contributed by atoms with Crippen molar-refractivity contribution in [2.24, 2.45) is 5.41 Å². The molecule has 0 fully saturated rings. The first-order valence-corrected chi connectivity index (χ1v) is 7.48. The summed E-state index contributed by atoms with van der Waals surface area (Å²) in [5.74, 6) is 0.960. The molecule has 0 N–H and O–H groups in total. The minimum atomic E-state index is 0.195. The summed E-state index contributed by atoms with van der Waals surface area (Å²) in [5, 5.41) is 0. The van der Waals surface area contributed by atoms with Gasteiger partial charge in [-0.3, -0.25) is 0 Å². The summed E-state index contributed by atoms with van der Waals surface area (Å²) in [6.07, 6.45) is 1.17. The van der Waals surface area contributed by atoms with Crippen LogP contribution in [0.15, 0.2) is 24.3 Å². The lowest BCUT2D eigenvalue weighted by Crippen LogP contribution is -2.24. The van der Waals surface area contributed by atoms with Crippen LogP contribution >= 0.6 is 0 Å². The van der Waals surface area contributed by atoms with E-state index in [0.717, 1.165) is 18.9 Å². The first-order chi connectivity index (χ1) is 9.10. The summed E-state index contributed by atoms with van der Waals surface area (Å²) in [5.41, 5.74) is 1.91. The van der Waals surface area contributed by atoms with Gasteiger partial charge in [0.1, 0.15) is 12.4 Å². The Morgan fingerprint density at radius 3 is 1.95 bits per heavy atom. The lowest BCUT2D eigenvalue weighted by molar-refractivity contribution is 0.261. The van der Waals surface area contributed by atoms with Gasteiger partial charge in [-0.1, -0.05) is 46.8 Å². The third-order valence-corrected chi connectivity index (χ3v) is 3.42. The third-order valence-electron chi connectivity index (χ3n) is 3.42. The van der Waals surface area contributed by atoms with Crippen molar-refractivity contribution in [1.82, 2.24) is 4.90 Å². The number of hydrogen-bond donors (Lipinski definition) is 0. The fraction of sp³-hybridized carbons (Fsp3) is 0.667. The molecule has 0 aliphatic heterocycles. The van der Waals surface area contributed by atoms with Crippen molar-refractivity contribution in [2.75, 3.05) is 27.2 Å². The van der Waals surface area contributed by atoms with Gasteiger partial charge in [0.05, 0.1) is 0 Å². The smallest absolute Gasteiger partial charge is 0.119 e. The van der Waals surface area contributed by atoms with Crippen LogP contribution in [0.4, 0.5) is 0 Å². The molecule has 0 bridgehead atoms. The quantitative estimate of drug-likeness (QED) is 0.767. The van der Waals surface area contributed by atoms with Crippen LogP contribution < -0.4 is 4.74 Å². The lowest BCUT2D eigenvalue weighted by Gasteiger charge is -2.33. The van der Waals surface area contributed by atoms with Crippen molar-refractivity contribution in [2.45, 2.75) is 46.5 Å². The van der Waals surface area contributed by atoms with E-state index in [1.807, 2.05) is 0 Å². The fourth-order valence-corrected chi connectivity index (χ4v) is 2.78. The lowest BCUT2D eigenvalue weighted by atomic mass is 9.72. The van der Waals surface area contributed by atoms with Gasteiger partial charge >= 0.3 is 0 Å². The molecule has 0 amide bonds. The molecule has 0 unspecified atom stereocenters. The molecule has 2 heteroatoms. The molecule has 0 atom stereocenters. The van der Waals surface area contributed by atoms with Gasteiger partial charge in [-0.25, -0.2) is 0 Å². The van der Waals surface area contributed by atoms with E-state index >= 15 is 0 Å². The monoisotopic (exact) mass is 277 g/mol. The number of benzene rings is 1. The molecule has 0 heterocycles. The van der Waals surface area contributed by atoms with Crippen LogP contribution in [0.1, 0.15) is 46.6 Å². The van der Waals surface area contributed by atoms with E-state index in [2.05, 4.69) is 77.9 Å². The summed E-state index contributed by atoms with van der Waals surface area (Å²) in [4.78, 5) is 2.13. The van der Waals surface area contributed by atoms with E-state index in [4.69, 9.17) is 4.74 Å². The summed E-state index contributed by atoms with van der Waals surface area (Å²) in [7, 11) is 4.11. The molecule has 0 saturated heterocycles. The molecular formula is C18H31NO. The molecule has 0 saturated carbocycles. The molecule has 1 aromatic carbocycles. The Morgan fingerprint density at radius 2 is 1.50 bits per heavy atom. The minimum Gasteiger partial charge on any atom is -0.492 e. The summed E-state index contributed by atoms with van der Waals surface area (Å²) < 4.78 is 5.74. The van der Waals surface area contributed by atoms with Crippen LogP contribution in [0.2, 0.25) is 0 Å². The zero-order valence-corrected chi connectivity index (χ0v) is 14.3. The molecular weight excluding hydrogens is 246 g/mol. The van der Waals surface area contributed by atoms with E-state index in [-0.39, 0.29) is 5.41 Å². The summed E-state index contributed by atoms with van der Waals surface area (Å²) in [6, 6.07) is 8.60. The molecule has 1 rings (SSSR count). The highest BCUT2D eigenvalue weighted by molar-refractivity contribution is 5.31. The zero-order valence-electron chi connectivity index (χ0n) is 14.3. The summed E-state index contributed by atoms with van der Waals surface area (Å²) >= 11 is 0. The zero-order chi connectivity index (χ0) is 15.4. The molecule has 20 heavy (non-hydrogen) atoms. The van der Waals surface area contributed by atoms with Crippen molar-refractivity contribution in [3.8, 4) is 5.75 Å². The Balaban J connectivity index is 2.66. The van der Waals surface area contributed by atoms with Gasteiger partial charge in [0, 0.05) is 6.54 Å². The Morgan fingerprint density at radius 1 is 0.950 bits per heavy atom. The first-order valence-electron chi connectivity index (χ1n) is 7.48. The van der Waals surface area contributed by atoms with Crippen LogP contribution in [0.3, 0.4) is 0 Å². The second-order valence-corrected chi connectivity index (χ2v) is 7.80. The van der Waals surface area contributed by atoms with Crippen LogP contribution in [-0.4, -0.2) is 32.1 Å². The Kier molecular flexibility index (Phi) is 5.64. The number of rotatable bonds is 6. The van der Waals surface area contributed by atoms with Crippen molar-refractivity contribution < 1.29 is 4.74 Å². The second kappa shape index (κ2) is 6.62. The third kappa shape index (κ3) is 5.96. The highest BCUT2D eigenvalue weighted by Gasteiger charge is 2.27. The van der Waals surface area contributed by atoms with Crippen LogP contribution in [0, 0.1) is 5.41 Å². The average molecular weight is 277 g/mol. The van der Waals surface area contributed by atoms with Crippen molar-refractivity contribution in [3.05, 3.63) is 29.8 Å². The van der Waals surface area contributed by atoms with Crippen LogP contribution in [0.25, 0.3) is 0 Å². The van der Waals surface area contributed by atoms with Crippen LogP contribution in [0.5, 0.6) is 5.75 Å². The summed E-state index contributed by atoms with van der Waals surface area (Å²) in [6.45, 7) is 13.2. The number of hydrogen-bond acceptors (Lipinski definition) is 2. The molecule has 0 spiro atoms. The van der Waals surface area contributed by atoms with Crippen molar-refractivity contribution in [1.29, 1.82) is 0 Å². The Labute approximate surface area is 125 Å². The predicted molar refractivity (Wildman–Crippen MR) is 87.6 cm³/mol. The Bertz CT molecular complexity index is 398. The van der Waals surface area contributed by atoms with Gasteiger partial charge in [0.15, 0.2) is 0 Å². The normalized spacial score (nSPS) is 12.8. The number of ether oxygens (including phenoxy) is 1. The van der Waals surface area contributed by atoms with Crippen molar-refractivity contribution in [3.63, 3.8) is 0 Å². The molecule has 0 radical (unpaired) electrons. The molecule has 1 aromatic rings. The van der Waals surface area contributed by atoms with Gasteiger partial charge in [0.2, 0.25) is 0 Å². The van der Waals surface area contributed by atoms with E-state index in [9.17, 15) is 0 Å². The predicted octanol–water partition coefficient (Wildman–Crippen LogP) is 4.34. The molecule has 0 aliphatic rings. The average Bonchev–Trinajstić information content (AvgIpc) is 2.26. The van der Waals surface area contributed by atoms with Crippen molar-refractivity contribution >= 4 is 0 Å². The van der Waals surface area contributed by atoms with E-state index in [0.29, 0.717) is 5.41 Å². The number of nitrogens with zero attached hydrogens (tertiary/aromatic N) is 1. The van der Waals surface area contributed by atoms with Gasteiger partial charge in [0.25, 0.3) is 0 Å². The highest BCUT2D eigenvalue weighted by Crippen LogP contribution is 2.36. The first kappa shape index (κ1) is 17.0. The maximum absolute atomic E-state index is 5.74. The molecule has 0 aromatic heterocycles. The maximum Gasteiger partial charge on any atom is 0.119 e. The largest absolute Gasteiger partial charge is 0.492 e. The van der Waals surface area contributed by atoms with E-state index in [1.54, 1.807) is 0 Å². The maximum atomic E-state index is 5.74. The highest BCUT2D eigenvalue weighted by atomic mass is 16.5. The standard InChI is InChI=1S/C18H31NO/c1-17(2,3)14-18(4,5)15-8-10-16(11-9-15)20-13-12-19(6)7/h8-11H,12-14H2,1-7H3. The Hall–Kier alpha value is -1.02. The fourth-order valence-electron chi connectivity index (χ4n) is 2.78. The topological polar surface area (TPSA) is 12.5 Å². The molecule has 114 valence electrons. The van der Waals surface area contributed by atoms with E-state index < -0.39 is 0 Å². The van der Waals surface area contributed by atoms with Gasteiger partial charge in [-0.2, -0.15) is 0 Å². The molecule has 2 nitrogen and oxygen atoms in total. The number of likely N-dealkylation sites (N-methyl/N-ethyl adjacent to an activating group) is 1. The van der Waals surface area contributed by atoms with Gasteiger partial charge in [-0.15, -0.1) is 0 Å². The van der Waals surface area contributed by atoms with Gasteiger partial charge in [-0.05, 0) is 49.0 Å². The second-order valence-electron chi connectivity index (χ2n) is 7.80. The SMILES string of the molecule is CN(C)CCOc1ccc(C(C)(C)CC(C)(C)C)cc1. The minimum absolute atomic E-state index is 0.195. The molecule has 0 aliphatic carbocycles. The van der Waals surface area contributed by atoms with E-state index in [1.165, 1.54) is 12.0 Å². The van der Waals surface area contributed by atoms with Crippen LogP contribution in [-0.2, 0) is 5.41 Å². The van der Waals surface area contributed by atoms with Gasteiger partial charge < -0.3 is 9.64 Å².